The Bertz CT molecular complexity index is 886. The number of nitrogens with zero attached hydrogens (tertiary/aromatic N) is 2. The first-order chi connectivity index (χ1) is 12.3. The van der Waals surface area contributed by atoms with Crippen LogP contribution < -0.4 is 5.32 Å². The molecule has 1 aliphatic rings. The Balaban J connectivity index is 1.45. The number of guanidine groups is 1. The van der Waals surface area contributed by atoms with Crippen molar-refractivity contribution in [3.05, 3.63) is 83.9 Å². The third-order valence-corrected chi connectivity index (χ3v) is 4.77. The molecule has 0 radical (unpaired) electrons. The average molecular weight is 329 g/mol. The van der Waals surface area contributed by atoms with Gasteiger partial charge in [-0.1, -0.05) is 66.7 Å². The lowest BCUT2D eigenvalue weighted by Gasteiger charge is -2.26. The second-order valence-corrected chi connectivity index (χ2v) is 6.66. The summed E-state index contributed by atoms with van der Waals surface area (Å²) in [6, 6.07) is 26.1. The van der Waals surface area contributed by atoms with Crippen LogP contribution in [0.1, 0.15) is 18.1 Å². The molecule has 0 fully saturated rings. The zero-order valence-corrected chi connectivity index (χ0v) is 14.5. The van der Waals surface area contributed by atoms with Crippen LogP contribution in [0.2, 0.25) is 0 Å². The van der Waals surface area contributed by atoms with Crippen LogP contribution in [0.5, 0.6) is 0 Å². The summed E-state index contributed by atoms with van der Waals surface area (Å²) in [6.45, 7) is 4.78. The molecule has 3 aromatic rings. The maximum atomic E-state index is 4.70. The van der Waals surface area contributed by atoms with Crippen LogP contribution in [0.4, 0.5) is 0 Å². The predicted octanol–water partition coefficient (Wildman–Crippen LogP) is 4.19. The van der Waals surface area contributed by atoms with Crippen LogP contribution in [0.25, 0.3) is 10.8 Å². The van der Waals surface area contributed by atoms with E-state index in [1.54, 1.807) is 0 Å². The van der Waals surface area contributed by atoms with Gasteiger partial charge in [0.2, 0.25) is 0 Å². The molecule has 0 aliphatic carbocycles. The Morgan fingerprint density at radius 1 is 0.920 bits per heavy atom. The fourth-order valence-electron chi connectivity index (χ4n) is 3.31. The van der Waals surface area contributed by atoms with Crippen molar-refractivity contribution in [2.24, 2.45) is 4.99 Å². The van der Waals surface area contributed by atoms with Crippen molar-refractivity contribution >= 4 is 16.7 Å². The van der Waals surface area contributed by atoms with Gasteiger partial charge < -0.3 is 10.2 Å². The monoisotopic (exact) mass is 329 g/mol. The van der Waals surface area contributed by atoms with Crippen molar-refractivity contribution in [1.29, 1.82) is 0 Å². The summed E-state index contributed by atoms with van der Waals surface area (Å²) >= 11 is 0. The molecule has 25 heavy (non-hydrogen) atoms. The highest BCUT2D eigenvalue weighted by Crippen LogP contribution is 2.17. The van der Waals surface area contributed by atoms with E-state index in [0.29, 0.717) is 6.04 Å². The zero-order chi connectivity index (χ0) is 17.1. The standard InChI is InChI=1S/C22H23N3/c1-17-14-23-22(25(17)16-18-7-3-2-4-8-18)24-15-19-11-12-20-9-5-6-10-21(20)13-19/h2-13,17H,14-16H2,1H3,(H,23,24)/t17-/m0/s1. The third kappa shape index (κ3) is 3.50. The molecule has 0 spiro atoms. The fourth-order valence-corrected chi connectivity index (χ4v) is 3.31. The van der Waals surface area contributed by atoms with Crippen molar-refractivity contribution in [3.63, 3.8) is 0 Å². The van der Waals surface area contributed by atoms with Gasteiger partial charge in [0.1, 0.15) is 0 Å². The molecule has 3 aromatic carbocycles. The molecule has 0 aromatic heterocycles. The van der Waals surface area contributed by atoms with Gasteiger partial charge in [0.15, 0.2) is 5.96 Å². The van der Waals surface area contributed by atoms with E-state index < -0.39 is 0 Å². The second-order valence-electron chi connectivity index (χ2n) is 6.66. The van der Waals surface area contributed by atoms with E-state index in [1.165, 1.54) is 21.9 Å². The van der Waals surface area contributed by atoms with E-state index in [1.807, 2.05) is 0 Å². The maximum absolute atomic E-state index is 4.70. The maximum Gasteiger partial charge on any atom is 0.194 e. The molecule has 0 amide bonds. The zero-order valence-electron chi connectivity index (χ0n) is 14.5. The number of aliphatic imine (C=N–C) groups is 1. The minimum atomic E-state index is 0.430. The Hall–Kier alpha value is -2.81. The van der Waals surface area contributed by atoms with Gasteiger partial charge in [-0.3, -0.25) is 4.99 Å². The van der Waals surface area contributed by atoms with Crippen LogP contribution in [0.15, 0.2) is 77.8 Å². The normalized spacial score (nSPS) is 16.9. The highest BCUT2D eigenvalue weighted by Gasteiger charge is 2.23. The highest BCUT2D eigenvalue weighted by molar-refractivity contribution is 5.84. The fraction of sp³-hybridized carbons (Fsp3) is 0.227. The van der Waals surface area contributed by atoms with Crippen LogP contribution in [0, 0.1) is 0 Å². The van der Waals surface area contributed by atoms with Gasteiger partial charge in [-0.15, -0.1) is 0 Å². The summed E-state index contributed by atoms with van der Waals surface area (Å²) in [4.78, 5) is 7.06. The number of fused-ring (bicyclic) bond motifs is 1. The average Bonchev–Trinajstić information content (AvgIpc) is 3.00. The molecule has 0 saturated carbocycles. The van der Waals surface area contributed by atoms with E-state index in [4.69, 9.17) is 4.99 Å². The quantitative estimate of drug-likeness (QED) is 0.777. The lowest BCUT2D eigenvalue weighted by Crippen LogP contribution is -2.41. The molecule has 1 N–H and O–H groups in total. The first kappa shape index (κ1) is 15.7. The first-order valence-electron chi connectivity index (χ1n) is 8.86. The molecule has 3 nitrogen and oxygen atoms in total. The van der Waals surface area contributed by atoms with Crippen molar-refractivity contribution in [2.75, 3.05) is 6.54 Å². The summed E-state index contributed by atoms with van der Waals surface area (Å²) < 4.78 is 0. The summed E-state index contributed by atoms with van der Waals surface area (Å²) in [5.74, 6) is 1.00. The van der Waals surface area contributed by atoms with Crippen LogP contribution in [-0.4, -0.2) is 23.4 Å². The van der Waals surface area contributed by atoms with Crippen LogP contribution in [-0.2, 0) is 13.1 Å². The highest BCUT2D eigenvalue weighted by atomic mass is 15.4. The van der Waals surface area contributed by atoms with Gasteiger partial charge in [0.05, 0.1) is 6.54 Å². The Kier molecular flexibility index (Phi) is 4.38. The van der Waals surface area contributed by atoms with Crippen molar-refractivity contribution < 1.29 is 0 Å². The molecular formula is C22H23N3. The summed E-state index contributed by atoms with van der Waals surface area (Å²) in [5, 5.41) is 6.10. The van der Waals surface area contributed by atoms with Gasteiger partial charge in [0, 0.05) is 19.1 Å². The Morgan fingerprint density at radius 3 is 2.52 bits per heavy atom. The lowest BCUT2D eigenvalue weighted by atomic mass is 10.1. The minimum Gasteiger partial charge on any atom is -0.352 e. The molecule has 126 valence electrons. The molecular weight excluding hydrogens is 306 g/mol. The number of hydrogen-bond donors (Lipinski definition) is 1. The molecule has 3 heteroatoms. The van der Waals surface area contributed by atoms with Gasteiger partial charge in [-0.05, 0) is 34.9 Å². The molecule has 1 aliphatic heterocycles. The van der Waals surface area contributed by atoms with E-state index in [9.17, 15) is 0 Å². The molecule has 1 atom stereocenters. The van der Waals surface area contributed by atoms with Crippen molar-refractivity contribution in [2.45, 2.75) is 26.1 Å². The molecule has 0 bridgehead atoms. The molecule has 4 rings (SSSR count). The topological polar surface area (TPSA) is 27.6 Å². The Labute approximate surface area is 149 Å². The van der Waals surface area contributed by atoms with Gasteiger partial charge >= 0.3 is 0 Å². The second kappa shape index (κ2) is 6.98. The molecule has 0 saturated heterocycles. The van der Waals surface area contributed by atoms with Crippen molar-refractivity contribution in [1.82, 2.24) is 10.2 Å². The van der Waals surface area contributed by atoms with E-state index in [0.717, 1.165) is 25.6 Å². The smallest absolute Gasteiger partial charge is 0.194 e. The SMILES string of the molecule is C[C@H]1CN=C(NCc2ccc3ccccc3c2)N1Cc1ccccc1. The molecule has 1 heterocycles. The molecule has 0 unspecified atom stereocenters. The van der Waals surface area contributed by atoms with E-state index in [2.05, 4.69) is 89.9 Å². The summed E-state index contributed by atoms with van der Waals surface area (Å²) in [7, 11) is 0. The largest absolute Gasteiger partial charge is 0.352 e. The van der Waals surface area contributed by atoms with Crippen LogP contribution >= 0.6 is 0 Å². The van der Waals surface area contributed by atoms with E-state index in [-0.39, 0.29) is 0 Å². The minimum absolute atomic E-state index is 0.430. The van der Waals surface area contributed by atoms with Gasteiger partial charge in [0.25, 0.3) is 0 Å². The third-order valence-electron chi connectivity index (χ3n) is 4.77. The summed E-state index contributed by atoms with van der Waals surface area (Å²) in [6.07, 6.45) is 0. The van der Waals surface area contributed by atoms with Crippen LogP contribution in [0.3, 0.4) is 0 Å². The van der Waals surface area contributed by atoms with E-state index >= 15 is 0 Å². The Morgan fingerprint density at radius 2 is 1.68 bits per heavy atom. The predicted molar refractivity (Wildman–Crippen MR) is 105 cm³/mol. The number of rotatable bonds is 4. The lowest BCUT2D eigenvalue weighted by molar-refractivity contribution is 0.347. The van der Waals surface area contributed by atoms with Crippen molar-refractivity contribution in [3.8, 4) is 0 Å². The van der Waals surface area contributed by atoms with Gasteiger partial charge in [-0.2, -0.15) is 0 Å². The summed E-state index contributed by atoms with van der Waals surface area (Å²) in [5.41, 5.74) is 2.59. The first-order valence-corrected chi connectivity index (χ1v) is 8.86. The van der Waals surface area contributed by atoms with Gasteiger partial charge in [-0.25, -0.2) is 0 Å². The number of nitrogens with one attached hydrogen (secondary N) is 1. The number of benzene rings is 3. The number of hydrogen-bond acceptors (Lipinski definition) is 3.